The van der Waals surface area contributed by atoms with Crippen molar-refractivity contribution in [3.8, 4) is 5.75 Å². The number of nitrogens with one attached hydrogen (secondary N) is 1. The van der Waals surface area contributed by atoms with E-state index in [4.69, 9.17) is 0 Å². The molecule has 0 radical (unpaired) electrons. The molecule has 17 heavy (non-hydrogen) atoms. The van der Waals surface area contributed by atoms with Gasteiger partial charge >= 0.3 is 0 Å². The van der Waals surface area contributed by atoms with Crippen LogP contribution in [0.15, 0.2) is 30.6 Å². The summed E-state index contributed by atoms with van der Waals surface area (Å²) < 4.78 is 1.71. The van der Waals surface area contributed by atoms with E-state index >= 15 is 0 Å². The molecule has 0 saturated carbocycles. The van der Waals surface area contributed by atoms with E-state index in [-0.39, 0.29) is 23.8 Å². The number of hydrogen-bond donors (Lipinski definition) is 2. The Morgan fingerprint density at radius 3 is 2.88 bits per heavy atom. The van der Waals surface area contributed by atoms with Crippen LogP contribution in [0.3, 0.4) is 0 Å². The zero-order valence-electron chi connectivity index (χ0n) is 9.29. The van der Waals surface area contributed by atoms with Gasteiger partial charge in [0.1, 0.15) is 12.1 Å². The molecular weight excluding hydrogens is 220 g/mol. The van der Waals surface area contributed by atoms with Crippen LogP contribution in [0, 0.1) is 0 Å². The monoisotopic (exact) mass is 232 g/mol. The third-order valence-electron chi connectivity index (χ3n) is 2.36. The molecule has 1 aromatic heterocycles. The van der Waals surface area contributed by atoms with Crippen LogP contribution in [0.1, 0.15) is 16.2 Å². The highest BCUT2D eigenvalue weighted by Crippen LogP contribution is 2.14. The van der Waals surface area contributed by atoms with Gasteiger partial charge < -0.3 is 15.0 Å². The molecule has 6 heteroatoms. The lowest BCUT2D eigenvalue weighted by molar-refractivity contribution is 0.0947. The summed E-state index contributed by atoms with van der Waals surface area (Å²) >= 11 is 0. The highest BCUT2D eigenvalue weighted by molar-refractivity contribution is 5.96. The third kappa shape index (κ3) is 2.41. The summed E-state index contributed by atoms with van der Waals surface area (Å²) in [5, 5.41) is 19.7. The normalized spacial score (nSPS) is 10.2. The lowest BCUT2D eigenvalue weighted by Gasteiger charge is -2.05. The fraction of sp³-hybridized carbons (Fsp3) is 0.182. The summed E-state index contributed by atoms with van der Waals surface area (Å²) in [6.07, 6.45) is 1.56. The highest BCUT2D eigenvalue weighted by atomic mass is 16.3. The summed E-state index contributed by atoms with van der Waals surface area (Å²) in [5.74, 6) is 0.267. The van der Waals surface area contributed by atoms with Crippen molar-refractivity contribution in [2.24, 2.45) is 7.05 Å². The zero-order chi connectivity index (χ0) is 12.3. The molecule has 0 aliphatic carbocycles. The van der Waals surface area contributed by atoms with E-state index in [9.17, 15) is 9.90 Å². The number of aromatic hydroxyl groups is 1. The number of aromatic nitrogens is 3. The Morgan fingerprint density at radius 2 is 2.24 bits per heavy atom. The van der Waals surface area contributed by atoms with E-state index in [1.165, 1.54) is 6.07 Å². The minimum absolute atomic E-state index is 0.0389. The van der Waals surface area contributed by atoms with E-state index in [1.54, 1.807) is 36.1 Å². The number of para-hydroxylation sites is 1. The van der Waals surface area contributed by atoms with Crippen LogP contribution in [0.5, 0.6) is 5.75 Å². The molecule has 0 unspecified atom stereocenters. The van der Waals surface area contributed by atoms with Gasteiger partial charge in [-0.15, -0.1) is 10.2 Å². The summed E-state index contributed by atoms with van der Waals surface area (Å²) in [4.78, 5) is 11.7. The van der Waals surface area contributed by atoms with Crippen molar-refractivity contribution in [1.82, 2.24) is 20.1 Å². The molecule has 1 aromatic carbocycles. The molecule has 1 amide bonds. The SMILES string of the molecule is Cn1cnnc1CNC(=O)c1ccccc1O. The molecule has 2 rings (SSSR count). The first-order chi connectivity index (χ1) is 8.18. The molecule has 0 bridgehead atoms. The van der Waals surface area contributed by atoms with Crippen LogP contribution in [0.25, 0.3) is 0 Å². The van der Waals surface area contributed by atoms with Crippen LogP contribution < -0.4 is 5.32 Å². The van der Waals surface area contributed by atoms with Gasteiger partial charge in [-0.05, 0) is 12.1 Å². The maximum absolute atomic E-state index is 11.7. The van der Waals surface area contributed by atoms with E-state index in [0.717, 1.165) is 0 Å². The molecular formula is C11H12N4O2. The van der Waals surface area contributed by atoms with E-state index in [1.807, 2.05) is 0 Å². The Kier molecular flexibility index (Phi) is 3.04. The maximum Gasteiger partial charge on any atom is 0.255 e. The van der Waals surface area contributed by atoms with Crippen LogP contribution >= 0.6 is 0 Å². The summed E-state index contributed by atoms with van der Waals surface area (Å²) in [6, 6.07) is 6.38. The number of nitrogens with zero attached hydrogens (tertiary/aromatic N) is 3. The molecule has 1 heterocycles. The summed E-state index contributed by atoms with van der Waals surface area (Å²) in [6.45, 7) is 0.268. The number of benzene rings is 1. The average Bonchev–Trinajstić information content (AvgIpc) is 2.72. The zero-order valence-corrected chi connectivity index (χ0v) is 9.29. The second kappa shape index (κ2) is 4.65. The fourth-order valence-electron chi connectivity index (χ4n) is 1.39. The van der Waals surface area contributed by atoms with Gasteiger partial charge in [-0.25, -0.2) is 0 Å². The molecule has 0 spiro atoms. The molecule has 2 aromatic rings. The molecule has 88 valence electrons. The number of rotatable bonds is 3. The van der Waals surface area contributed by atoms with Crippen LogP contribution in [0.4, 0.5) is 0 Å². The lowest BCUT2D eigenvalue weighted by atomic mass is 10.2. The first-order valence-corrected chi connectivity index (χ1v) is 5.07. The number of hydrogen-bond acceptors (Lipinski definition) is 4. The smallest absolute Gasteiger partial charge is 0.255 e. The molecule has 0 fully saturated rings. The Labute approximate surface area is 97.9 Å². The van der Waals surface area contributed by atoms with E-state index in [2.05, 4.69) is 15.5 Å². The Hall–Kier alpha value is -2.37. The van der Waals surface area contributed by atoms with Crippen molar-refractivity contribution >= 4 is 5.91 Å². The van der Waals surface area contributed by atoms with Gasteiger partial charge in [-0.3, -0.25) is 4.79 Å². The summed E-state index contributed by atoms with van der Waals surface area (Å²) in [7, 11) is 1.79. The Bertz CT molecular complexity index is 536. The second-order valence-corrected chi connectivity index (χ2v) is 3.56. The van der Waals surface area contributed by atoms with Crippen molar-refractivity contribution in [2.75, 3.05) is 0 Å². The van der Waals surface area contributed by atoms with Gasteiger partial charge in [-0.2, -0.15) is 0 Å². The third-order valence-corrected chi connectivity index (χ3v) is 2.36. The highest BCUT2D eigenvalue weighted by Gasteiger charge is 2.10. The standard InChI is InChI=1S/C11H12N4O2/c1-15-7-13-14-10(15)6-12-11(17)8-4-2-3-5-9(8)16/h2-5,7,16H,6H2,1H3,(H,12,17). The minimum atomic E-state index is -0.342. The van der Waals surface area contributed by atoms with Crippen molar-refractivity contribution in [2.45, 2.75) is 6.54 Å². The molecule has 2 N–H and O–H groups in total. The van der Waals surface area contributed by atoms with Crippen molar-refractivity contribution in [3.63, 3.8) is 0 Å². The van der Waals surface area contributed by atoms with Crippen molar-refractivity contribution < 1.29 is 9.90 Å². The Balaban J connectivity index is 2.04. The number of carbonyl (C=O) groups is 1. The predicted octanol–water partition coefficient (Wildman–Crippen LogP) is 0.451. The Morgan fingerprint density at radius 1 is 1.47 bits per heavy atom. The van der Waals surface area contributed by atoms with Crippen LogP contribution in [-0.4, -0.2) is 25.8 Å². The molecule has 6 nitrogen and oxygen atoms in total. The lowest BCUT2D eigenvalue weighted by Crippen LogP contribution is -2.24. The van der Waals surface area contributed by atoms with Crippen LogP contribution in [-0.2, 0) is 13.6 Å². The first kappa shape index (κ1) is 11.1. The second-order valence-electron chi connectivity index (χ2n) is 3.56. The number of carbonyl (C=O) groups excluding carboxylic acids is 1. The van der Waals surface area contributed by atoms with Gasteiger partial charge in [0, 0.05) is 7.05 Å². The number of phenols is 1. The van der Waals surface area contributed by atoms with Gasteiger partial charge in [0.2, 0.25) is 0 Å². The van der Waals surface area contributed by atoms with Crippen molar-refractivity contribution in [3.05, 3.63) is 42.0 Å². The van der Waals surface area contributed by atoms with E-state index in [0.29, 0.717) is 5.82 Å². The van der Waals surface area contributed by atoms with Gasteiger partial charge in [0.25, 0.3) is 5.91 Å². The fourth-order valence-corrected chi connectivity index (χ4v) is 1.39. The minimum Gasteiger partial charge on any atom is -0.507 e. The largest absolute Gasteiger partial charge is 0.507 e. The van der Waals surface area contributed by atoms with Crippen molar-refractivity contribution in [1.29, 1.82) is 0 Å². The van der Waals surface area contributed by atoms with Gasteiger partial charge in [-0.1, -0.05) is 12.1 Å². The van der Waals surface area contributed by atoms with Crippen LogP contribution in [0.2, 0.25) is 0 Å². The average molecular weight is 232 g/mol. The van der Waals surface area contributed by atoms with Gasteiger partial charge in [0.05, 0.1) is 12.1 Å². The van der Waals surface area contributed by atoms with E-state index < -0.39 is 0 Å². The molecule has 0 saturated heterocycles. The number of phenolic OH excluding ortho intramolecular Hbond substituents is 1. The molecule has 0 aliphatic heterocycles. The summed E-state index contributed by atoms with van der Waals surface area (Å²) in [5.41, 5.74) is 0.245. The molecule has 0 atom stereocenters. The quantitative estimate of drug-likeness (QED) is 0.805. The van der Waals surface area contributed by atoms with Gasteiger partial charge in [0.15, 0.2) is 5.82 Å². The first-order valence-electron chi connectivity index (χ1n) is 5.07. The predicted molar refractivity (Wildman–Crippen MR) is 60.3 cm³/mol. The molecule has 0 aliphatic rings. The maximum atomic E-state index is 11.7. The number of amides is 1. The number of aryl methyl sites for hydroxylation is 1. The topological polar surface area (TPSA) is 80.0 Å².